The van der Waals surface area contributed by atoms with E-state index in [1.807, 2.05) is 19.1 Å². The molecule has 0 atom stereocenters. The summed E-state index contributed by atoms with van der Waals surface area (Å²) in [4.78, 5) is 0. The predicted octanol–water partition coefficient (Wildman–Crippen LogP) is 2.11. The van der Waals surface area contributed by atoms with Gasteiger partial charge in [0.15, 0.2) is 0 Å². The smallest absolute Gasteiger partial charge is 0.0367 e. The minimum Gasteiger partial charge on any atom is -0.399 e. The molecule has 0 bridgehead atoms. The molecule has 1 aromatic carbocycles. The normalized spacial score (nSPS) is 10.2. The highest BCUT2D eigenvalue weighted by Gasteiger charge is 2.01. The maximum atomic E-state index is 5.77. The third kappa shape index (κ3) is 1.70. The Bertz CT molecular complexity index is 279. The summed E-state index contributed by atoms with van der Waals surface area (Å²) in [6.45, 7) is 4.19. The first-order valence-electron chi connectivity index (χ1n) is 4.29. The van der Waals surface area contributed by atoms with Crippen LogP contribution in [0.15, 0.2) is 12.1 Å². The maximum Gasteiger partial charge on any atom is 0.0367 e. The Labute approximate surface area is 73.6 Å². The van der Waals surface area contributed by atoms with Crippen LogP contribution < -0.4 is 11.5 Å². The van der Waals surface area contributed by atoms with Gasteiger partial charge in [0.2, 0.25) is 0 Å². The van der Waals surface area contributed by atoms with Crippen molar-refractivity contribution < 1.29 is 0 Å². The van der Waals surface area contributed by atoms with Crippen molar-refractivity contribution in [1.29, 1.82) is 0 Å². The van der Waals surface area contributed by atoms with Gasteiger partial charge in [-0.15, -0.1) is 0 Å². The van der Waals surface area contributed by atoms with E-state index in [2.05, 4.69) is 6.92 Å². The lowest BCUT2D eigenvalue weighted by molar-refractivity contribution is 0.914. The third-order valence-corrected chi connectivity index (χ3v) is 2.10. The van der Waals surface area contributed by atoms with Gasteiger partial charge >= 0.3 is 0 Å². The lowest BCUT2D eigenvalue weighted by Gasteiger charge is -2.08. The van der Waals surface area contributed by atoms with E-state index < -0.39 is 0 Å². The van der Waals surface area contributed by atoms with E-state index in [-0.39, 0.29) is 0 Å². The molecule has 0 fully saturated rings. The van der Waals surface area contributed by atoms with Gasteiger partial charge in [0.25, 0.3) is 0 Å². The lowest BCUT2D eigenvalue weighted by atomic mass is 10.0. The first-order chi connectivity index (χ1) is 5.65. The fourth-order valence-corrected chi connectivity index (χ4v) is 1.35. The molecule has 0 spiro atoms. The summed E-state index contributed by atoms with van der Waals surface area (Å²) in [6, 6.07) is 3.82. The lowest BCUT2D eigenvalue weighted by Crippen LogP contribution is -1.98. The Kier molecular flexibility index (Phi) is 2.58. The van der Waals surface area contributed by atoms with Crippen LogP contribution in [0.4, 0.5) is 11.4 Å². The molecule has 0 aliphatic rings. The largest absolute Gasteiger partial charge is 0.399 e. The molecule has 0 aliphatic carbocycles. The van der Waals surface area contributed by atoms with Crippen LogP contribution in [0, 0.1) is 6.92 Å². The summed E-state index contributed by atoms with van der Waals surface area (Å²) >= 11 is 0. The standard InChI is InChI=1S/C10H16N2/c1-3-4-8-5-9(11)6-10(12)7(8)2/h5-6H,3-4,11-12H2,1-2H3. The molecule has 2 heteroatoms. The van der Waals surface area contributed by atoms with Crippen molar-refractivity contribution in [2.75, 3.05) is 11.5 Å². The average molecular weight is 164 g/mol. The highest BCUT2D eigenvalue weighted by molar-refractivity contribution is 5.59. The Hall–Kier alpha value is -1.18. The molecule has 0 aliphatic heterocycles. The van der Waals surface area contributed by atoms with Crippen molar-refractivity contribution >= 4 is 11.4 Å². The van der Waals surface area contributed by atoms with Gasteiger partial charge in [-0.2, -0.15) is 0 Å². The number of nitrogen functional groups attached to an aromatic ring is 2. The Morgan fingerprint density at radius 1 is 1.25 bits per heavy atom. The molecule has 0 aromatic heterocycles. The van der Waals surface area contributed by atoms with Crippen molar-refractivity contribution in [2.24, 2.45) is 0 Å². The zero-order chi connectivity index (χ0) is 9.14. The van der Waals surface area contributed by atoms with E-state index in [1.54, 1.807) is 0 Å². The zero-order valence-electron chi connectivity index (χ0n) is 7.72. The molecule has 0 heterocycles. The van der Waals surface area contributed by atoms with Crippen molar-refractivity contribution in [1.82, 2.24) is 0 Å². The summed E-state index contributed by atoms with van der Waals surface area (Å²) < 4.78 is 0. The molecule has 2 nitrogen and oxygen atoms in total. The molecule has 0 saturated carbocycles. The van der Waals surface area contributed by atoms with Gasteiger partial charge in [0.1, 0.15) is 0 Å². The molecule has 66 valence electrons. The second-order valence-corrected chi connectivity index (χ2v) is 3.14. The van der Waals surface area contributed by atoms with Gasteiger partial charge in [-0.25, -0.2) is 0 Å². The molecule has 0 unspecified atom stereocenters. The second-order valence-electron chi connectivity index (χ2n) is 3.14. The number of benzene rings is 1. The van der Waals surface area contributed by atoms with Crippen LogP contribution in [0.25, 0.3) is 0 Å². The van der Waals surface area contributed by atoms with Gasteiger partial charge in [0, 0.05) is 11.4 Å². The SMILES string of the molecule is CCCc1cc(N)cc(N)c1C. The summed E-state index contributed by atoms with van der Waals surface area (Å²) in [5.41, 5.74) is 15.5. The zero-order valence-corrected chi connectivity index (χ0v) is 7.72. The number of rotatable bonds is 2. The molecule has 0 saturated heterocycles. The molecular weight excluding hydrogens is 148 g/mol. The predicted molar refractivity (Wildman–Crippen MR) is 54.0 cm³/mol. The minimum absolute atomic E-state index is 0.765. The number of anilines is 2. The van der Waals surface area contributed by atoms with Gasteiger partial charge in [0.05, 0.1) is 0 Å². The first-order valence-corrected chi connectivity index (χ1v) is 4.29. The van der Waals surface area contributed by atoms with Gasteiger partial charge < -0.3 is 11.5 Å². The molecule has 1 aromatic rings. The topological polar surface area (TPSA) is 52.0 Å². The van der Waals surface area contributed by atoms with Crippen molar-refractivity contribution in [3.8, 4) is 0 Å². The summed E-state index contributed by atoms with van der Waals surface area (Å²) in [7, 11) is 0. The van der Waals surface area contributed by atoms with Crippen molar-refractivity contribution in [2.45, 2.75) is 26.7 Å². The van der Waals surface area contributed by atoms with Crippen molar-refractivity contribution in [3.63, 3.8) is 0 Å². The maximum absolute atomic E-state index is 5.77. The van der Waals surface area contributed by atoms with Gasteiger partial charge in [-0.3, -0.25) is 0 Å². The van der Waals surface area contributed by atoms with E-state index in [0.717, 1.165) is 24.2 Å². The van der Waals surface area contributed by atoms with E-state index in [1.165, 1.54) is 11.1 Å². The van der Waals surface area contributed by atoms with E-state index in [9.17, 15) is 0 Å². The average Bonchev–Trinajstić information content (AvgIpc) is 2.00. The van der Waals surface area contributed by atoms with Crippen LogP contribution in [-0.4, -0.2) is 0 Å². The van der Waals surface area contributed by atoms with Crippen LogP contribution in [0.3, 0.4) is 0 Å². The van der Waals surface area contributed by atoms with Crippen molar-refractivity contribution in [3.05, 3.63) is 23.3 Å². The molecule has 0 amide bonds. The Balaban J connectivity index is 3.09. The van der Waals surface area contributed by atoms with Gasteiger partial charge in [-0.05, 0) is 36.6 Å². The van der Waals surface area contributed by atoms with Crippen LogP contribution in [0.1, 0.15) is 24.5 Å². The van der Waals surface area contributed by atoms with E-state index in [4.69, 9.17) is 11.5 Å². The fraction of sp³-hybridized carbons (Fsp3) is 0.400. The third-order valence-electron chi connectivity index (χ3n) is 2.10. The summed E-state index contributed by atoms with van der Waals surface area (Å²) in [5, 5.41) is 0. The summed E-state index contributed by atoms with van der Waals surface area (Å²) in [6.07, 6.45) is 2.19. The number of aryl methyl sites for hydroxylation is 1. The quantitative estimate of drug-likeness (QED) is 0.658. The highest BCUT2D eigenvalue weighted by atomic mass is 14.6. The molecular formula is C10H16N2. The molecule has 12 heavy (non-hydrogen) atoms. The van der Waals surface area contributed by atoms with Crippen LogP contribution >= 0.6 is 0 Å². The minimum atomic E-state index is 0.765. The summed E-state index contributed by atoms with van der Waals surface area (Å²) in [5.74, 6) is 0. The fourth-order valence-electron chi connectivity index (χ4n) is 1.35. The Morgan fingerprint density at radius 2 is 1.92 bits per heavy atom. The molecule has 1 rings (SSSR count). The van der Waals surface area contributed by atoms with Crippen LogP contribution in [0.5, 0.6) is 0 Å². The molecule has 0 radical (unpaired) electrons. The van der Waals surface area contributed by atoms with E-state index >= 15 is 0 Å². The second kappa shape index (κ2) is 3.48. The first kappa shape index (κ1) is 8.91. The Morgan fingerprint density at radius 3 is 2.50 bits per heavy atom. The number of nitrogens with two attached hydrogens (primary N) is 2. The number of hydrogen-bond acceptors (Lipinski definition) is 2. The number of hydrogen-bond donors (Lipinski definition) is 2. The van der Waals surface area contributed by atoms with Crippen LogP contribution in [-0.2, 0) is 6.42 Å². The highest BCUT2D eigenvalue weighted by Crippen LogP contribution is 2.21. The van der Waals surface area contributed by atoms with Gasteiger partial charge in [-0.1, -0.05) is 13.3 Å². The molecule has 4 N–H and O–H groups in total. The van der Waals surface area contributed by atoms with Crippen LogP contribution in [0.2, 0.25) is 0 Å². The van der Waals surface area contributed by atoms with E-state index in [0.29, 0.717) is 0 Å². The monoisotopic (exact) mass is 164 g/mol.